The molecule has 2 aromatic heterocycles. The average molecular weight is 302 g/mol. The van der Waals surface area contributed by atoms with E-state index in [1.807, 2.05) is 54.6 Å². The number of fused-ring (bicyclic) bond motifs is 1. The third-order valence-electron chi connectivity index (χ3n) is 3.71. The first kappa shape index (κ1) is 13.5. The van der Waals surface area contributed by atoms with Crippen LogP contribution in [-0.4, -0.2) is 27.3 Å². The third-order valence-corrected chi connectivity index (χ3v) is 3.71. The molecule has 5 heteroatoms. The molecule has 0 fully saturated rings. The summed E-state index contributed by atoms with van der Waals surface area (Å²) in [5, 5.41) is 7.27. The van der Waals surface area contributed by atoms with Crippen LogP contribution >= 0.6 is 0 Å². The van der Waals surface area contributed by atoms with Crippen LogP contribution in [-0.2, 0) is 0 Å². The smallest absolute Gasteiger partial charge is 0.200 e. The SMILES string of the molecule is COc1ccc(-c2cnc3n[nH]c(-c4ccccc4)c3n2)cc1. The van der Waals surface area contributed by atoms with Crippen LogP contribution in [0.25, 0.3) is 33.7 Å². The molecule has 5 nitrogen and oxygen atoms in total. The summed E-state index contributed by atoms with van der Waals surface area (Å²) in [6, 6.07) is 17.8. The van der Waals surface area contributed by atoms with Gasteiger partial charge in [-0.3, -0.25) is 5.10 Å². The number of rotatable bonds is 3. The van der Waals surface area contributed by atoms with Crippen LogP contribution in [0.15, 0.2) is 60.8 Å². The quantitative estimate of drug-likeness (QED) is 0.627. The Morgan fingerprint density at radius 3 is 2.43 bits per heavy atom. The van der Waals surface area contributed by atoms with Gasteiger partial charge >= 0.3 is 0 Å². The Labute approximate surface area is 133 Å². The standard InChI is InChI=1S/C18H14N4O/c1-23-14-9-7-12(8-10-14)15-11-19-18-17(20-15)16(21-22-18)13-5-3-2-4-6-13/h2-11H,1H3,(H,19,21,22). The van der Waals surface area contributed by atoms with Gasteiger partial charge in [0.15, 0.2) is 5.65 Å². The summed E-state index contributed by atoms with van der Waals surface area (Å²) in [6.45, 7) is 0. The van der Waals surface area contributed by atoms with Crippen LogP contribution in [0.1, 0.15) is 0 Å². The largest absolute Gasteiger partial charge is 0.497 e. The van der Waals surface area contributed by atoms with Gasteiger partial charge in [-0.05, 0) is 24.3 Å². The first-order valence-electron chi connectivity index (χ1n) is 7.26. The molecule has 2 heterocycles. The van der Waals surface area contributed by atoms with E-state index in [1.165, 1.54) is 0 Å². The van der Waals surface area contributed by atoms with Crippen LogP contribution in [0, 0.1) is 0 Å². The summed E-state index contributed by atoms with van der Waals surface area (Å²) < 4.78 is 5.19. The number of H-pyrrole nitrogens is 1. The highest BCUT2D eigenvalue weighted by molar-refractivity contribution is 5.88. The van der Waals surface area contributed by atoms with E-state index in [4.69, 9.17) is 9.72 Å². The Morgan fingerprint density at radius 2 is 1.70 bits per heavy atom. The predicted molar refractivity (Wildman–Crippen MR) is 89.1 cm³/mol. The van der Waals surface area contributed by atoms with E-state index in [-0.39, 0.29) is 0 Å². The second-order valence-corrected chi connectivity index (χ2v) is 5.12. The third kappa shape index (κ3) is 2.42. The van der Waals surface area contributed by atoms with Gasteiger partial charge in [0.2, 0.25) is 0 Å². The van der Waals surface area contributed by atoms with Crippen molar-refractivity contribution >= 4 is 11.2 Å². The second-order valence-electron chi connectivity index (χ2n) is 5.12. The molecule has 0 amide bonds. The lowest BCUT2D eigenvalue weighted by atomic mass is 10.1. The van der Waals surface area contributed by atoms with Gasteiger partial charge in [0.1, 0.15) is 11.3 Å². The van der Waals surface area contributed by atoms with E-state index < -0.39 is 0 Å². The van der Waals surface area contributed by atoms with Crippen LogP contribution in [0.5, 0.6) is 5.75 Å². The predicted octanol–water partition coefficient (Wildman–Crippen LogP) is 3.70. The molecular weight excluding hydrogens is 288 g/mol. The summed E-state index contributed by atoms with van der Waals surface area (Å²) in [5.41, 5.74) is 5.09. The van der Waals surface area contributed by atoms with Crippen LogP contribution in [0.3, 0.4) is 0 Å². The van der Waals surface area contributed by atoms with Crippen molar-refractivity contribution in [1.82, 2.24) is 20.2 Å². The van der Waals surface area contributed by atoms with Crippen molar-refractivity contribution in [2.75, 3.05) is 7.11 Å². The summed E-state index contributed by atoms with van der Waals surface area (Å²) >= 11 is 0. The number of hydrogen-bond donors (Lipinski definition) is 1. The Morgan fingerprint density at radius 1 is 0.913 bits per heavy atom. The topological polar surface area (TPSA) is 63.7 Å². The van der Waals surface area contributed by atoms with Gasteiger partial charge in [-0.15, -0.1) is 0 Å². The number of nitrogens with one attached hydrogen (secondary N) is 1. The Hall–Kier alpha value is -3.21. The van der Waals surface area contributed by atoms with Crippen molar-refractivity contribution in [2.45, 2.75) is 0 Å². The van der Waals surface area contributed by atoms with Crippen molar-refractivity contribution in [1.29, 1.82) is 0 Å². The van der Waals surface area contributed by atoms with E-state index in [2.05, 4.69) is 15.2 Å². The van der Waals surface area contributed by atoms with E-state index in [1.54, 1.807) is 13.3 Å². The molecule has 0 aliphatic rings. The fourth-order valence-corrected chi connectivity index (χ4v) is 2.50. The monoisotopic (exact) mass is 302 g/mol. The first-order valence-corrected chi connectivity index (χ1v) is 7.26. The molecule has 0 saturated carbocycles. The molecule has 4 aromatic rings. The van der Waals surface area contributed by atoms with Gasteiger partial charge in [-0.25, -0.2) is 9.97 Å². The molecule has 0 spiro atoms. The molecule has 23 heavy (non-hydrogen) atoms. The lowest BCUT2D eigenvalue weighted by Gasteiger charge is -2.03. The molecular formula is C18H14N4O. The zero-order valence-corrected chi connectivity index (χ0v) is 12.5. The molecule has 0 bridgehead atoms. The number of aromatic amines is 1. The Balaban J connectivity index is 1.83. The minimum absolute atomic E-state index is 0.612. The van der Waals surface area contributed by atoms with E-state index in [0.717, 1.165) is 33.8 Å². The summed E-state index contributed by atoms with van der Waals surface area (Å²) in [4.78, 5) is 9.15. The van der Waals surface area contributed by atoms with Gasteiger partial charge in [0.25, 0.3) is 0 Å². The average Bonchev–Trinajstić information content (AvgIpc) is 3.05. The minimum atomic E-state index is 0.612. The van der Waals surface area contributed by atoms with Crippen molar-refractivity contribution in [2.24, 2.45) is 0 Å². The molecule has 4 rings (SSSR count). The van der Waals surface area contributed by atoms with E-state index in [0.29, 0.717) is 5.65 Å². The van der Waals surface area contributed by atoms with Crippen molar-refractivity contribution in [3.8, 4) is 28.3 Å². The maximum absolute atomic E-state index is 5.19. The van der Waals surface area contributed by atoms with Crippen LogP contribution < -0.4 is 4.74 Å². The Bertz CT molecular complexity index is 946. The number of hydrogen-bond acceptors (Lipinski definition) is 4. The van der Waals surface area contributed by atoms with Crippen molar-refractivity contribution in [3.05, 3.63) is 60.8 Å². The lowest BCUT2D eigenvalue weighted by Crippen LogP contribution is -1.89. The number of nitrogens with zero attached hydrogens (tertiary/aromatic N) is 3. The van der Waals surface area contributed by atoms with Gasteiger partial charge in [-0.2, -0.15) is 5.10 Å². The van der Waals surface area contributed by atoms with Crippen molar-refractivity contribution < 1.29 is 4.74 Å². The lowest BCUT2D eigenvalue weighted by molar-refractivity contribution is 0.415. The van der Waals surface area contributed by atoms with Gasteiger partial charge in [-0.1, -0.05) is 30.3 Å². The Kier molecular flexibility index (Phi) is 3.24. The van der Waals surface area contributed by atoms with Gasteiger partial charge in [0, 0.05) is 11.1 Å². The van der Waals surface area contributed by atoms with E-state index in [9.17, 15) is 0 Å². The molecule has 0 atom stereocenters. The number of ether oxygens (including phenoxy) is 1. The summed E-state index contributed by atoms with van der Waals surface area (Å²) in [7, 11) is 1.65. The molecule has 0 radical (unpaired) electrons. The molecule has 2 aromatic carbocycles. The van der Waals surface area contributed by atoms with E-state index >= 15 is 0 Å². The van der Waals surface area contributed by atoms with Crippen LogP contribution in [0.4, 0.5) is 0 Å². The second kappa shape index (κ2) is 5.53. The maximum Gasteiger partial charge on any atom is 0.200 e. The van der Waals surface area contributed by atoms with Gasteiger partial charge < -0.3 is 4.74 Å². The fraction of sp³-hybridized carbons (Fsp3) is 0.0556. The molecule has 0 saturated heterocycles. The normalized spacial score (nSPS) is 10.8. The zero-order valence-electron chi connectivity index (χ0n) is 12.5. The highest BCUT2D eigenvalue weighted by Crippen LogP contribution is 2.26. The molecule has 0 unspecified atom stereocenters. The highest BCUT2D eigenvalue weighted by atomic mass is 16.5. The first-order chi connectivity index (χ1) is 11.3. The maximum atomic E-state index is 5.19. The molecule has 112 valence electrons. The number of aromatic nitrogens is 4. The number of methoxy groups -OCH3 is 1. The molecule has 1 N–H and O–H groups in total. The molecule has 0 aliphatic heterocycles. The van der Waals surface area contributed by atoms with Crippen molar-refractivity contribution in [3.63, 3.8) is 0 Å². The number of benzene rings is 2. The fourth-order valence-electron chi connectivity index (χ4n) is 2.50. The van der Waals surface area contributed by atoms with Gasteiger partial charge in [0.05, 0.1) is 24.7 Å². The molecule has 0 aliphatic carbocycles. The summed E-state index contributed by atoms with van der Waals surface area (Å²) in [5.74, 6) is 0.816. The summed E-state index contributed by atoms with van der Waals surface area (Å²) in [6.07, 6.45) is 1.74. The highest BCUT2D eigenvalue weighted by Gasteiger charge is 2.11. The van der Waals surface area contributed by atoms with Crippen LogP contribution in [0.2, 0.25) is 0 Å². The zero-order chi connectivity index (χ0) is 15.6. The minimum Gasteiger partial charge on any atom is -0.497 e.